The Kier molecular flexibility index (Phi) is 6.50. The van der Waals surface area contributed by atoms with Gasteiger partial charge in [-0.3, -0.25) is 14.3 Å². The number of aryl methyl sites for hydroxylation is 1. The molecule has 4 rings (SSSR count). The van der Waals surface area contributed by atoms with Crippen LogP contribution in [0.25, 0.3) is 11.2 Å². The Balaban J connectivity index is 1.65. The lowest BCUT2D eigenvalue weighted by molar-refractivity contribution is 0.0936. The monoisotopic (exact) mass is 481 g/mol. The molecule has 172 valence electrons. The number of piperidine rings is 1. The van der Waals surface area contributed by atoms with E-state index in [1.54, 1.807) is 29.8 Å². The molecule has 1 saturated heterocycles. The van der Waals surface area contributed by atoms with Crippen LogP contribution in [0, 0.1) is 5.92 Å². The van der Waals surface area contributed by atoms with Gasteiger partial charge in [-0.15, -0.1) is 0 Å². The highest BCUT2D eigenvalue weighted by Gasteiger charge is 2.26. The second kappa shape index (κ2) is 9.17. The number of fused-ring (bicyclic) bond motifs is 1. The molecule has 2 N–H and O–H groups in total. The Labute approximate surface area is 194 Å². The fraction of sp³-hybridized carbons (Fsp3) is 0.476. The van der Waals surface area contributed by atoms with E-state index in [2.05, 4.69) is 21.8 Å². The van der Waals surface area contributed by atoms with Crippen molar-refractivity contribution in [3.8, 4) is 5.75 Å². The van der Waals surface area contributed by atoms with E-state index in [1.807, 2.05) is 0 Å². The van der Waals surface area contributed by atoms with Crippen LogP contribution in [0.2, 0.25) is 10.0 Å². The van der Waals surface area contributed by atoms with Crippen molar-refractivity contribution in [2.24, 2.45) is 13.0 Å². The van der Waals surface area contributed by atoms with E-state index in [-0.39, 0.29) is 24.3 Å². The van der Waals surface area contributed by atoms with Crippen LogP contribution < -0.4 is 20.9 Å². The van der Waals surface area contributed by atoms with E-state index in [4.69, 9.17) is 27.9 Å². The van der Waals surface area contributed by atoms with Gasteiger partial charge >= 0.3 is 5.69 Å². The molecule has 1 aliphatic rings. The first kappa shape index (κ1) is 22.7. The minimum atomic E-state index is -0.960. The van der Waals surface area contributed by atoms with E-state index < -0.39 is 17.4 Å². The van der Waals surface area contributed by atoms with E-state index in [9.17, 15) is 14.7 Å². The first-order chi connectivity index (χ1) is 15.2. The molecule has 0 amide bonds. The number of nitrogens with one attached hydrogen (secondary N) is 1. The number of anilines is 1. The molecule has 0 saturated carbocycles. The summed E-state index contributed by atoms with van der Waals surface area (Å²) in [4.78, 5) is 33.8. The maximum absolute atomic E-state index is 12.7. The van der Waals surface area contributed by atoms with Crippen LogP contribution in [0.5, 0.6) is 5.75 Å². The van der Waals surface area contributed by atoms with Crippen LogP contribution in [-0.4, -0.2) is 50.0 Å². The quantitative estimate of drug-likeness (QED) is 0.559. The minimum absolute atomic E-state index is 0.0544. The van der Waals surface area contributed by atoms with E-state index >= 15 is 0 Å². The number of halogens is 2. The number of benzene rings is 1. The molecule has 1 unspecified atom stereocenters. The highest BCUT2D eigenvalue weighted by molar-refractivity contribution is 6.35. The number of rotatable bonds is 6. The third-order valence-corrected chi connectivity index (χ3v) is 6.30. The summed E-state index contributed by atoms with van der Waals surface area (Å²) in [6.07, 6.45) is 1.04. The molecule has 0 bridgehead atoms. The first-order valence-corrected chi connectivity index (χ1v) is 11.2. The maximum atomic E-state index is 12.7. The van der Waals surface area contributed by atoms with Gasteiger partial charge in [-0.05, 0) is 37.0 Å². The fourth-order valence-corrected chi connectivity index (χ4v) is 4.35. The van der Waals surface area contributed by atoms with Gasteiger partial charge < -0.3 is 19.3 Å². The van der Waals surface area contributed by atoms with Crippen molar-refractivity contribution in [3.63, 3.8) is 0 Å². The van der Waals surface area contributed by atoms with Crippen LogP contribution in [-0.2, 0) is 13.6 Å². The van der Waals surface area contributed by atoms with Crippen molar-refractivity contribution in [3.05, 3.63) is 49.1 Å². The molecular formula is C21H25Cl2N5O4. The number of nitrogens with zero attached hydrogens (tertiary/aromatic N) is 4. The summed E-state index contributed by atoms with van der Waals surface area (Å²) in [6.45, 7) is 3.77. The average Bonchev–Trinajstić information content (AvgIpc) is 3.12. The smallest absolute Gasteiger partial charge is 0.329 e. The number of aliphatic hydroxyl groups is 1. The van der Waals surface area contributed by atoms with Gasteiger partial charge in [0.2, 0.25) is 5.95 Å². The lowest BCUT2D eigenvalue weighted by atomic mass is 10.00. The van der Waals surface area contributed by atoms with Crippen molar-refractivity contribution in [2.75, 3.05) is 24.6 Å². The van der Waals surface area contributed by atoms with Gasteiger partial charge in [0.05, 0.1) is 11.6 Å². The third-order valence-electron chi connectivity index (χ3n) is 5.77. The number of aromatic amines is 1. The van der Waals surface area contributed by atoms with Gasteiger partial charge in [-0.25, -0.2) is 4.79 Å². The predicted molar refractivity (Wildman–Crippen MR) is 124 cm³/mol. The van der Waals surface area contributed by atoms with Crippen molar-refractivity contribution < 1.29 is 9.84 Å². The number of hydrogen-bond acceptors (Lipinski definition) is 6. The second-order valence-corrected chi connectivity index (χ2v) is 9.07. The highest BCUT2D eigenvalue weighted by Crippen LogP contribution is 2.28. The number of aromatic nitrogens is 4. The molecule has 0 aliphatic carbocycles. The molecule has 1 aromatic carbocycles. The molecule has 1 atom stereocenters. The summed E-state index contributed by atoms with van der Waals surface area (Å²) >= 11 is 12.0. The molecule has 11 heteroatoms. The van der Waals surface area contributed by atoms with Crippen LogP contribution in [0.1, 0.15) is 19.8 Å². The summed E-state index contributed by atoms with van der Waals surface area (Å²) in [5.41, 5.74) is -0.557. The second-order valence-electron chi connectivity index (χ2n) is 8.22. The number of imidazole rings is 1. The summed E-state index contributed by atoms with van der Waals surface area (Å²) in [6, 6.07) is 4.84. The Bertz CT molecular complexity index is 1240. The van der Waals surface area contributed by atoms with Gasteiger partial charge in [0.1, 0.15) is 18.5 Å². The van der Waals surface area contributed by atoms with E-state index in [0.717, 1.165) is 25.9 Å². The number of ether oxygens (including phenoxy) is 1. The van der Waals surface area contributed by atoms with Crippen molar-refractivity contribution in [1.82, 2.24) is 19.1 Å². The number of H-pyrrole nitrogens is 1. The summed E-state index contributed by atoms with van der Waals surface area (Å²) in [7, 11) is 1.56. The molecule has 0 radical (unpaired) electrons. The lowest BCUT2D eigenvalue weighted by Crippen LogP contribution is -2.36. The summed E-state index contributed by atoms with van der Waals surface area (Å²) < 4.78 is 8.63. The van der Waals surface area contributed by atoms with Crippen LogP contribution in [0.4, 0.5) is 5.95 Å². The van der Waals surface area contributed by atoms with Gasteiger partial charge in [-0.1, -0.05) is 30.1 Å². The third kappa shape index (κ3) is 4.51. The van der Waals surface area contributed by atoms with Crippen molar-refractivity contribution in [2.45, 2.75) is 32.4 Å². The molecule has 9 nitrogen and oxygen atoms in total. The molecule has 3 heterocycles. The zero-order chi connectivity index (χ0) is 23.0. The highest BCUT2D eigenvalue weighted by atomic mass is 35.5. The molecular weight excluding hydrogens is 457 g/mol. The Hall–Kier alpha value is -2.49. The topological polar surface area (TPSA) is 105 Å². The molecule has 2 aromatic heterocycles. The Morgan fingerprint density at radius 3 is 2.69 bits per heavy atom. The van der Waals surface area contributed by atoms with E-state index in [1.165, 1.54) is 4.57 Å². The Morgan fingerprint density at radius 1 is 1.28 bits per heavy atom. The van der Waals surface area contributed by atoms with Crippen LogP contribution in [0.15, 0.2) is 27.8 Å². The molecule has 1 aliphatic heterocycles. The molecule has 1 fully saturated rings. The molecule has 0 spiro atoms. The molecule has 32 heavy (non-hydrogen) atoms. The lowest BCUT2D eigenvalue weighted by Gasteiger charge is -2.31. The van der Waals surface area contributed by atoms with Gasteiger partial charge in [0, 0.05) is 25.2 Å². The van der Waals surface area contributed by atoms with E-state index in [0.29, 0.717) is 27.7 Å². The SMILES string of the molecule is CC1CCN(c2nc3c(c(=O)[nH]c(=O)n3C)n2CC(O)COc2ccc(Cl)cc2Cl)CC1. The first-order valence-electron chi connectivity index (χ1n) is 10.4. The largest absolute Gasteiger partial charge is 0.489 e. The van der Waals surface area contributed by atoms with Crippen molar-refractivity contribution >= 4 is 40.3 Å². The average molecular weight is 482 g/mol. The zero-order valence-electron chi connectivity index (χ0n) is 17.8. The maximum Gasteiger partial charge on any atom is 0.329 e. The van der Waals surface area contributed by atoms with Gasteiger partial charge in [0.15, 0.2) is 11.2 Å². The van der Waals surface area contributed by atoms with Gasteiger partial charge in [0.25, 0.3) is 5.56 Å². The minimum Gasteiger partial charge on any atom is -0.489 e. The normalized spacial score (nSPS) is 16.0. The van der Waals surface area contributed by atoms with Gasteiger partial charge in [-0.2, -0.15) is 4.98 Å². The summed E-state index contributed by atoms with van der Waals surface area (Å²) in [5.74, 6) is 1.57. The molecule has 3 aromatic rings. The number of hydrogen-bond donors (Lipinski definition) is 2. The number of aliphatic hydroxyl groups excluding tert-OH is 1. The van der Waals surface area contributed by atoms with Crippen molar-refractivity contribution in [1.29, 1.82) is 0 Å². The predicted octanol–water partition coefficient (Wildman–Crippen LogP) is 2.41. The fourth-order valence-electron chi connectivity index (χ4n) is 3.89. The van der Waals surface area contributed by atoms with Crippen LogP contribution in [0.3, 0.4) is 0 Å². The van der Waals surface area contributed by atoms with Crippen LogP contribution >= 0.6 is 23.2 Å². The Morgan fingerprint density at radius 2 is 2.00 bits per heavy atom. The zero-order valence-corrected chi connectivity index (χ0v) is 19.4. The summed E-state index contributed by atoms with van der Waals surface area (Å²) in [5, 5.41) is 11.5. The standard InChI is InChI=1S/C21H25Cl2N5O4/c1-12-5-7-27(8-6-12)20-24-18-17(19(30)25-21(31)26(18)2)28(20)10-14(29)11-32-16-4-3-13(22)9-15(16)23/h3-4,9,12,14,29H,5-8,10-11H2,1-2H3,(H,25,30,31).